The molecule has 38 heavy (non-hydrogen) atoms. The number of aromatic amines is 1. The third-order valence-electron chi connectivity index (χ3n) is 6.58. The number of nitrogens with zero attached hydrogens (tertiary/aromatic N) is 2. The molecule has 1 aliphatic rings. The van der Waals surface area contributed by atoms with Gasteiger partial charge in [-0.25, -0.2) is 5.01 Å². The molecule has 192 valence electrons. The molecule has 0 aliphatic carbocycles. The number of carboxylic acid groups (broad SMARTS) is 1. The van der Waals surface area contributed by atoms with Crippen molar-refractivity contribution in [1.82, 2.24) is 9.99 Å². The minimum atomic E-state index is -1.08. The number of halogens is 2. The number of carbonyl (C=O) groups excluding carboxylic acids is 1. The summed E-state index contributed by atoms with van der Waals surface area (Å²) in [6.07, 6.45) is 0.122. The van der Waals surface area contributed by atoms with Gasteiger partial charge in [0.05, 0.1) is 23.7 Å². The van der Waals surface area contributed by atoms with Crippen molar-refractivity contribution in [2.45, 2.75) is 31.7 Å². The summed E-state index contributed by atoms with van der Waals surface area (Å²) < 4.78 is 0. The van der Waals surface area contributed by atoms with Crippen LogP contribution in [0.25, 0.3) is 10.9 Å². The van der Waals surface area contributed by atoms with E-state index in [1.807, 2.05) is 42.5 Å². The van der Waals surface area contributed by atoms with E-state index in [-0.39, 0.29) is 24.8 Å². The lowest BCUT2D eigenvalue weighted by Gasteiger charge is -2.22. The van der Waals surface area contributed by atoms with Gasteiger partial charge in [-0.2, -0.15) is 5.10 Å². The average molecular weight is 548 g/mol. The molecule has 1 aliphatic heterocycles. The number of aliphatic carboxylic acids is 1. The molecule has 2 heterocycles. The first-order chi connectivity index (χ1) is 18.3. The van der Waals surface area contributed by atoms with Gasteiger partial charge in [-0.3, -0.25) is 14.4 Å². The Morgan fingerprint density at radius 1 is 1.00 bits per heavy atom. The first-order valence-corrected chi connectivity index (χ1v) is 12.8. The van der Waals surface area contributed by atoms with Crippen molar-refractivity contribution >= 4 is 51.7 Å². The van der Waals surface area contributed by atoms with Gasteiger partial charge >= 0.3 is 5.97 Å². The SMILES string of the molecule is O=C(O)CCC(=O)N1N=C(c2c(Cc3ccccc3)c3cc(Cl)ccc3[nH]c2=O)CC1c1ccccc1Cl. The van der Waals surface area contributed by atoms with Crippen LogP contribution in [0.1, 0.15) is 47.6 Å². The number of H-pyrrole nitrogens is 1. The number of benzene rings is 3. The van der Waals surface area contributed by atoms with Crippen molar-refractivity contribution in [3.8, 4) is 0 Å². The number of pyridine rings is 1. The molecule has 0 spiro atoms. The van der Waals surface area contributed by atoms with Gasteiger partial charge in [-0.05, 0) is 47.4 Å². The van der Waals surface area contributed by atoms with Crippen molar-refractivity contribution in [3.05, 3.63) is 115 Å². The lowest BCUT2D eigenvalue weighted by atomic mass is 9.91. The summed E-state index contributed by atoms with van der Waals surface area (Å²) in [7, 11) is 0. The van der Waals surface area contributed by atoms with E-state index in [0.717, 1.165) is 16.5 Å². The first kappa shape index (κ1) is 25.7. The first-order valence-electron chi connectivity index (χ1n) is 12.1. The van der Waals surface area contributed by atoms with E-state index >= 15 is 0 Å². The van der Waals surface area contributed by atoms with Gasteiger partial charge in [0.15, 0.2) is 0 Å². The quantitative estimate of drug-likeness (QED) is 0.297. The van der Waals surface area contributed by atoms with Crippen LogP contribution in [-0.4, -0.2) is 32.7 Å². The Kier molecular flexibility index (Phi) is 7.31. The predicted molar refractivity (Wildman–Crippen MR) is 148 cm³/mol. The summed E-state index contributed by atoms with van der Waals surface area (Å²) in [6.45, 7) is 0. The molecule has 4 aromatic rings. The van der Waals surface area contributed by atoms with Crippen molar-refractivity contribution in [3.63, 3.8) is 0 Å². The fraction of sp³-hybridized carbons (Fsp3) is 0.172. The molecule has 0 saturated carbocycles. The average Bonchev–Trinajstić information content (AvgIpc) is 3.33. The second-order valence-corrected chi connectivity index (χ2v) is 9.92. The smallest absolute Gasteiger partial charge is 0.303 e. The van der Waals surface area contributed by atoms with Crippen LogP contribution in [0.3, 0.4) is 0 Å². The zero-order valence-corrected chi connectivity index (χ0v) is 21.7. The Bertz CT molecular complexity index is 1630. The van der Waals surface area contributed by atoms with E-state index in [0.29, 0.717) is 38.8 Å². The second kappa shape index (κ2) is 10.8. The highest BCUT2D eigenvalue weighted by molar-refractivity contribution is 6.31. The van der Waals surface area contributed by atoms with Gasteiger partial charge in [0.1, 0.15) is 0 Å². The summed E-state index contributed by atoms with van der Waals surface area (Å²) in [4.78, 5) is 40.8. The number of carboxylic acids is 1. The van der Waals surface area contributed by atoms with E-state index in [1.54, 1.807) is 30.3 Å². The molecule has 1 aromatic heterocycles. The summed E-state index contributed by atoms with van der Waals surface area (Å²) >= 11 is 12.8. The Morgan fingerprint density at radius 3 is 2.47 bits per heavy atom. The highest BCUT2D eigenvalue weighted by atomic mass is 35.5. The van der Waals surface area contributed by atoms with Crippen molar-refractivity contribution < 1.29 is 14.7 Å². The third kappa shape index (κ3) is 5.21. The van der Waals surface area contributed by atoms with Crippen LogP contribution in [0.2, 0.25) is 10.0 Å². The van der Waals surface area contributed by atoms with E-state index in [4.69, 9.17) is 28.3 Å². The van der Waals surface area contributed by atoms with Crippen LogP contribution in [0.5, 0.6) is 0 Å². The number of amides is 1. The number of hydrazone groups is 1. The van der Waals surface area contributed by atoms with Crippen LogP contribution in [-0.2, 0) is 16.0 Å². The van der Waals surface area contributed by atoms with Crippen molar-refractivity contribution in [2.75, 3.05) is 0 Å². The fourth-order valence-corrected chi connectivity index (χ4v) is 5.26. The molecule has 2 N–H and O–H groups in total. The molecule has 0 fully saturated rings. The van der Waals surface area contributed by atoms with Crippen molar-refractivity contribution in [1.29, 1.82) is 0 Å². The molecule has 0 saturated heterocycles. The Hall–Kier alpha value is -3.94. The van der Waals surface area contributed by atoms with Gasteiger partial charge in [-0.1, -0.05) is 71.7 Å². The second-order valence-electron chi connectivity index (χ2n) is 9.08. The number of fused-ring (bicyclic) bond motifs is 1. The van der Waals surface area contributed by atoms with E-state index in [9.17, 15) is 14.4 Å². The normalized spacial score (nSPS) is 15.1. The fourth-order valence-electron chi connectivity index (χ4n) is 4.83. The Labute approximate surface area is 228 Å². The molecule has 1 atom stereocenters. The van der Waals surface area contributed by atoms with E-state index in [2.05, 4.69) is 10.1 Å². The minimum Gasteiger partial charge on any atom is -0.481 e. The minimum absolute atomic E-state index is 0.229. The largest absolute Gasteiger partial charge is 0.481 e. The maximum absolute atomic E-state index is 13.5. The van der Waals surface area contributed by atoms with E-state index < -0.39 is 17.9 Å². The summed E-state index contributed by atoms with van der Waals surface area (Å²) in [5.41, 5.74) is 3.51. The zero-order chi connectivity index (χ0) is 26.8. The van der Waals surface area contributed by atoms with Crippen LogP contribution in [0, 0.1) is 0 Å². The summed E-state index contributed by atoms with van der Waals surface area (Å²) in [5.74, 6) is -1.54. The number of rotatable bonds is 7. The lowest BCUT2D eigenvalue weighted by Crippen LogP contribution is -2.27. The third-order valence-corrected chi connectivity index (χ3v) is 7.16. The number of carbonyl (C=O) groups is 2. The molecule has 7 nitrogen and oxygen atoms in total. The number of hydrogen-bond acceptors (Lipinski definition) is 4. The topological polar surface area (TPSA) is 103 Å². The Morgan fingerprint density at radius 2 is 1.74 bits per heavy atom. The standard InChI is InChI=1S/C29H23Cl2N3O4/c30-18-10-11-23-20(15-18)21(14-17-6-2-1-3-7-17)28(29(38)32-23)24-16-25(19-8-4-5-9-22(19)31)34(33-24)26(35)12-13-27(36)37/h1-11,15,25H,12-14,16H2,(H,32,38)(H,36,37). The highest BCUT2D eigenvalue weighted by Crippen LogP contribution is 2.37. The van der Waals surface area contributed by atoms with Crippen LogP contribution < -0.4 is 5.56 Å². The Balaban J connectivity index is 1.67. The van der Waals surface area contributed by atoms with Gasteiger partial charge in [0.25, 0.3) is 5.56 Å². The van der Waals surface area contributed by atoms with Gasteiger partial charge in [-0.15, -0.1) is 0 Å². The zero-order valence-electron chi connectivity index (χ0n) is 20.2. The molecule has 3 aromatic carbocycles. The monoisotopic (exact) mass is 547 g/mol. The lowest BCUT2D eigenvalue weighted by molar-refractivity contribution is -0.141. The molecule has 5 rings (SSSR count). The molecule has 9 heteroatoms. The van der Waals surface area contributed by atoms with Crippen LogP contribution >= 0.6 is 23.2 Å². The van der Waals surface area contributed by atoms with Crippen LogP contribution in [0.15, 0.2) is 82.7 Å². The predicted octanol–water partition coefficient (Wildman–Crippen LogP) is 5.97. The summed E-state index contributed by atoms with van der Waals surface area (Å²) in [6, 6.07) is 21.6. The number of aromatic nitrogens is 1. The molecule has 0 radical (unpaired) electrons. The maximum Gasteiger partial charge on any atom is 0.303 e. The van der Waals surface area contributed by atoms with Crippen LogP contribution in [0.4, 0.5) is 0 Å². The molecule has 0 bridgehead atoms. The van der Waals surface area contributed by atoms with Crippen molar-refractivity contribution in [2.24, 2.45) is 5.10 Å². The number of hydrogen-bond donors (Lipinski definition) is 2. The molecule has 1 amide bonds. The molecular formula is C29H23Cl2N3O4. The highest BCUT2D eigenvalue weighted by Gasteiger charge is 2.36. The molecule has 1 unspecified atom stereocenters. The summed E-state index contributed by atoms with van der Waals surface area (Å²) in [5, 5.41) is 16.8. The van der Waals surface area contributed by atoms with E-state index in [1.165, 1.54) is 5.01 Å². The molecular weight excluding hydrogens is 525 g/mol. The van der Waals surface area contributed by atoms with Gasteiger partial charge in [0, 0.05) is 33.8 Å². The maximum atomic E-state index is 13.5. The van der Waals surface area contributed by atoms with Gasteiger partial charge < -0.3 is 10.1 Å². The number of nitrogens with one attached hydrogen (secondary N) is 1. The van der Waals surface area contributed by atoms with Gasteiger partial charge in [0.2, 0.25) is 5.91 Å².